The van der Waals surface area contributed by atoms with Gasteiger partial charge in [-0.25, -0.2) is 0 Å². The number of amides is 1. The van der Waals surface area contributed by atoms with Gasteiger partial charge in [0.1, 0.15) is 0 Å². The van der Waals surface area contributed by atoms with Crippen LogP contribution in [0.2, 0.25) is 0 Å². The van der Waals surface area contributed by atoms with Crippen molar-refractivity contribution in [1.82, 2.24) is 4.90 Å². The SMILES string of the molecule is O=C1CC2(CCN(C(=O)/C=C/c3ccccc3C(F)(F)F)CC2)c2c(Br)cccc21. The lowest BCUT2D eigenvalue weighted by atomic mass is 9.74. The van der Waals surface area contributed by atoms with Crippen molar-refractivity contribution in [3.63, 3.8) is 0 Å². The van der Waals surface area contributed by atoms with Crippen molar-refractivity contribution in [2.45, 2.75) is 30.9 Å². The molecule has 0 atom stereocenters. The fourth-order valence-electron chi connectivity index (χ4n) is 4.54. The molecule has 1 fully saturated rings. The van der Waals surface area contributed by atoms with Crippen molar-refractivity contribution in [3.05, 3.63) is 75.3 Å². The molecule has 3 nitrogen and oxygen atoms in total. The summed E-state index contributed by atoms with van der Waals surface area (Å²) in [6, 6.07) is 10.8. The second-order valence-electron chi connectivity index (χ2n) is 7.79. The average molecular weight is 478 g/mol. The second-order valence-corrected chi connectivity index (χ2v) is 8.64. The highest BCUT2D eigenvalue weighted by atomic mass is 79.9. The average Bonchev–Trinajstić information content (AvgIpc) is 2.99. The first-order valence-corrected chi connectivity index (χ1v) is 10.5. The normalized spacial score (nSPS) is 18.3. The molecule has 30 heavy (non-hydrogen) atoms. The van der Waals surface area contributed by atoms with Gasteiger partial charge < -0.3 is 4.90 Å². The second kappa shape index (κ2) is 7.69. The summed E-state index contributed by atoms with van der Waals surface area (Å²) in [5.74, 6) is -0.201. The van der Waals surface area contributed by atoms with E-state index in [1.807, 2.05) is 18.2 Å². The molecule has 7 heteroatoms. The van der Waals surface area contributed by atoms with Crippen LogP contribution in [0, 0.1) is 0 Å². The van der Waals surface area contributed by atoms with Crippen molar-refractivity contribution in [2.24, 2.45) is 0 Å². The van der Waals surface area contributed by atoms with E-state index in [9.17, 15) is 22.8 Å². The highest BCUT2D eigenvalue weighted by Gasteiger charge is 2.46. The monoisotopic (exact) mass is 477 g/mol. The summed E-state index contributed by atoms with van der Waals surface area (Å²) in [7, 11) is 0. The topological polar surface area (TPSA) is 37.4 Å². The highest BCUT2D eigenvalue weighted by molar-refractivity contribution is 9.10. The molecule has 156 valence electrons. The zero-order valence-corrected chi connectivity index (χ0v) is 17.6. The van der Waals surface area contributed by atoms with Crippen molar-refractivity contribution in [3.8, 4) is 0 Å². The van der Waals surface area contributed by atoms with Gasteiger partial charge in [0.05, 0.1) is 5.56 Å². The smallest absolute Gasteiger partial charge is 0.339 e. The number of carbonyl (C=O) groups excluding carboxylic acids is 2. The molecule has 4 rings (SSSR count). The van der Waals surface area contributed by atoms with Crippen LogP contribution in [0.5, 0.6) is 0 Å². The fraction of sp³-hybridized carbons (Fsp3) is 0.304. The third kappa shape index (κ3) is 3.71. The summed E-state index contributed by atoms with van der Waals surface area (Å²) < 4.78 is 40.3. The molecule has 1 aliphatic carbocycles. The van der Waals surface area contributed by atoms with Gasteiger partial charge in [0.15, 0.2) is 5.78 Å². The van der Waals surface area contributed by atoms with E-state index in [1.54, 1.807) is 4.90 Å². The first-order chi connectivity index (χ1) is 14.2. The predicted molar refractivity (Wildman–Crippen MR) is 111 cm³/mol. The number of benzene rings is 2. The van der Waals surface area contributed by atoms with Crippen LogP contribution in [0.1, 0.15) is 46.3 Å². The molecule has 0 unspecified atom stereocenters. The number of hydrogen-bond acceptors (Lipinski definition) is 2. The molecular weight excluding hydrogens is 459 g/mol. The lowest BCUT2D eigenvalue weighted by Gasteiger charge is -2.39. The van der Waals surface area contributed by atoms with E-state index < -0.39 is 11.7 Å². The molecule has 0 bridgehead atoms. The zero-order valence-electron chi connectivity index (χ0n) is 16.0. The third-order valence-electron chi connectivity index (χ3n) is 6.05. The van der Waals surface area contributed by atoms with Crippen LogP contribution < -0.4 is 0 Å². The Morgan fingerprint density at radius 2 is 1.77 bits per heavy atom. The predicted octanol–water partition coefficient (Wildman–Crippen LogP) is 5.63. The van der Waals surface area contributed by atoms with Gasteiger partial charge in [-0.15, -0.1) is 0 Å². The number of rotatable bonds is 2. The van der Waals surface area contributed by atoms with Crippen molar-refractivity contribution in [2.75, 3.05) is 13.1 Å². The summed E-state index contributed by atoms with van der Waals surface area (Å²) in [5, 5.41) is 0. The van der Waals surface area contributed by atoms with E-state index in [-0.39, 0.29) is 22.7 Å². The quantitative estimate of drug-likeness (QED) is 0.525. The van der Waals surface area contributed by atoms with Crippen LogP contribution in [-0.2, 0) is 16.4 Å². The summed E-state index contributed by atoms with van der Waals surface area (Å²) in [6.07, 6.45) is -0.327. The minimum atomic E-state index is -4.47. The van der Waals surface area contributed by atoms with Gasteiger partial charge in [0, 0.05) is 41.0 Å². The number of carbonyl (C=O) groups is 2. The molecule has 1 spiro atoms. The number of alkyl halides is 3. The number of nitrogens with zero attached hydrogens (tertiary/aromatic N) is 1. The van der Waals surface area contributed by atoms with E-state index in [0.717, 1.165) is 21.7 Å². The van der Waals surface area contributed by atoms with Crippen molar-refractivity contribution in [1.29, 1.82) is 0 Å². The first kappa shape index (κ1) is 20.8. The van der Waals surface area contributed by atoms with Gasteiger partial charge >= 0.3 is 6.18 Å². The summed E-state index contributed by atoms with van der Waals surface area (Å²) in [5.41, 5.74) is 0.684. The summed E-state index contributed by atoms with van der Waals surface area (Å²) in [6.45, 7) is 0.913. The molecule has 1 saturated heterocycles. The van der Waals surface area contributed by atoms with E-state index in [2.05, 4.69) is 15.9 Å². The number of fused-ring (bicyclic) bond motifs is 2. The van der Waals surface area contributed by atoms with Gasteiger partial charge in [-0.1, -0.05) is 46.3 Å². The van der Waals surface area contributed by atoms with Crippen LogP contribution in [0.3, 0.4) is 0 Å². The number of likely N-dealkylation sites (tertiary alicyclic amines) is 1. The molecule has 0 saturated carbocycles. The highest BCUT2D eigenvalue weighted by Crippen LogP contribution is 2.49. The standard InChI is InChI=1S/C23H19BrF3NO2/c24-18-7-3-5-16-19(29)14-22(21(16)18)10-12-28(13-11-22)20(30)9-8-15-4-1-2-6-17(15)23(25,26)27/h1-9H,10-14H2/b9-8+. The van der Waals surface area contributed by atoms with E-state index in [0.29, 0.717) is 32.4 Å². The maximum absolute atomic E-state index is 13.1. The molecule has 1 amide bonds. The minimum absolute atomic E-state index is 0.0360. The molecular formula is C23H19BrF3NO2. The van der Waals surface area contributed by atoms with Crippen molar-refractivity contribution < 1.29 is 22.8 Å². The van der Waals surface area contributed by atoms with Crippen LogP contribution in [0.25, 0.3) is 6.08 Å². The molecule has 1 aliphatic heterocycles. The Bertz CT molecular complexity index is 1040. The number of halogens is 4. The van der Waals surface area contributed by atoms with Crippen LogP contribution in [0.4, 0.5) is 13.2 Å². The minimum Gasteiger partial charge on any atom is -0.339 e. The van der Waals surface area contributed by atoms with Crippen LogP contribution >= 0.6 is 15.9 Å². The molecule has 0 N–H and O–H groups in total. The summed E-state index contributed by atoms with van der Waals surface area (Å²) in [4.78, 5) is 26.7. The largest absolute Gasteiger partial charge is 0.416 e. The Labute approximate surface area is 180 Å². The number of piperidine rings is 1. The Kier molecular flexibility index (Phi) is 5.34. The van der Waals surface area contributed by atoms with Crippen LogP contribution in [0.15, 0.2) is 53.0 Å². The molecule has 0 radical (unpaired) electrons. The van der Waals surface area contributed by atoms with Crippen LogP contribution in [-0.4, -0.2) is 29.7 Å². The summed E-state index contributed by atoms with van der Waals surface area (Å²) >= 11 is 3.57. The maximum Gasteiger partial charge on any atom is 0.416 e. The fourth-order valence-corrected chi connectivity index (χ4v) is 5.32. The molecule has 1 heterocycles. The van der Waals surface area contributed by atoms with Gasteiger partial charge in [-0.05, 0) is 42.2 Å². The van der Waals surface area contributed by atoms with E-state index in [4.69, 9.17) is 0 Å². The Balaban J connectivity index is 1.48. The van der Waals surface area contributed by atoms with Gasteiger partial charge in [-0.2, -0.15) is 13.2 Å². The Morgan fingerprint density at radius 1 is 1.07 bits per heavy atom. The van der Waals surface area contributed by atoms with E-state index in [1.165, 1.54) is 30.4 Å². The number of Topliss-reactive ketones (excluding diaryl/α,β-unsaturated/α-hetero) is 1. The van der Waals surface area contributed by atoms with Gasteiger partial charge in [0.2, 0.25) is 5.91 Å². The van der Waals surface area contributed by atoms with Crippen molar-refractivity contribution >= 4 is 33.7 Å². The maximum atomic E-state index is 13.1. The molecule has 2 aromatic carbocycles. The van der Waals surface area contributed by atoms with Gasteiger partial charge in [-0.3, -0.25) is 9.59 Å². The molecule has 2 aromatic rings. The Hall–Kier alpha value is -2.41. The van der Waals surface area contributed by atoms with E-state index >= 15 is 0 Å². The first-order valence-electron chi connectivity index (χ1n) is 9.67. The third-order valence-corrected chi connectivity index (χ3v) is 6.71. The zero-order chi connectivity index (χ0) is 21.5. The molecule has 0 aromatic heterocycles. The lowest BCUT2D eigenvalue weighted by Crippen LogP contribution is -2.44. The number of hydrogen-bond donors (Lipinski definition) is 0. The Morgan fingerprint density at radius 3 is 2.47 bits per heavy atom. The lowest BCUT2D eigenvalue weighted by molar-refractivity contribution is -0.137. The van der Waals surface area contributed by atoms with Gasteiger partial charge in [0.25, 0.3) is 0 Å². The molecule has 2 aliphatic rings. The number of ketones is 1.